The summed E-state index contributed by atoms with van der Waals surface area (Å²) in [6, 6.07) is 5.00. The summed E-state index contributed by atoms with van der Waals surface area (Å²) in [7, 11) is 0. The lowest BCUT2D eigenvalue weighted by Gasteiger charge is -2.13. The van der Waals surface area contributed by atoms with E-state index in [0.717, 1.165) is 39.4 Å². The van der Waals surface area contributed by atoms with Crippen LogP contribution in [-0.4, -0.2) is 9.38 Å². The van der Waals surface area contributed by atoms with Crippen LogP contribution >= 0.6 is 12.4 Å². The van der Waals surface area contributed by atoms with Crippen LogP contribution in [0, 0.1) is 33.5 Å². The first-order valence-electron chi connectivity index (χ1n) is 7.61. The summed E-state index contributed by atoms with van der Waals surface area (Å²) in [6.45, 7) is 8.45. The van der Waals surface area contributed by atoms with Crippen molar-refractivity contribution in [3.8, 4) is 0 Å². The number of nitrogens with one attached hydrogen (secondary N) is 1. The lowest BCUT2D eigenvalue weighted by atomic mass is 10.0. The van der Waals surface area contributed by atoms with Crippen molar-refractivity contribution in [2.45, 2.75) is 34.2 Å². The van der Waals surface area contributed by atoms with Gasteiger partial charge < -0.3 is 15.5 Å². The van der Waals surface area contributed by atoms with E-state index in [0.29, 0.717) is 12.2 Å². The molecule has 0 fully saturated rings. The highest BCUT2D eigenvalue weighted by Crippen LogP contribution is 2.24. The molecule has 0 aliphatic rings. The monoisotopic (exact) mass is 348 g/mol. The van der Waals surface area contributed by atoms with E-state index in [1.807, 2.05) is 44.4 Å². The molecule has 0 saturated heterocycles. The molecule has 0 bridgehead atoms. The molecule has 0 saturated carbocycles. The van der Waals surface area contributed by atoms with E-state index < -0.39 is 0 Å². The van der Waals surface area contributed by atoms with Crippen molar-refractivity contribution in [1.29, 1.82) is 0 Å². The predicted octanol–water partition coefficient (Wildman–Crippen LogP) is 4.32. The molecular weight excluding hydrogens is 327 g/mol. The SMILES string of the molecule is Cc1cc(F)cc(C)c1CNc1cc(N)cn2c(C)c(C)nc12.Cl. The van der Waals surface area contributed by atoms with Gasteiger partial charge in [-0.2, -0.15) is 0 Å². The largest absolute Gasteiger partial charge is 0.397 e. The third-order valence-corrected chi connectivity index (χ3v) is 4.33. The molecule has 0 aliphatic carbocycles. The number of benzene rings is 1. The van der Waals surface area contributed by atoms with Crippen molar-refractivity contribution in [3.05, 3.63) is 58.3 Å². The number of imidazole rings is 1. The molecule has 24 heavy (non-hydrogen) atoms. The van der Waals surface area contributed by atoms with Crippen molar-refractivity contribution in [1.82, 2.24) is 9.38 Å². The van der Waals surface area contributed by atoms with E-state index in [-0.39, 0.29) is 18.2 Å². The minimum Gasteiger partial charge on any atom is -0.397 e. The molecule has 3 N–H and O–H groups in total. The molecule has 6 heteroatoms. The Morgan fingerprint density at radius 2 is 1.75 bits per heavy atom. The number of nitrogens with zero attached hydrogens (tertiary/aromatic N) is 2. The van der Waals surface area contributed by atoms with Gasteiger partial charge in [-0.05, 0) is 62.6 Å². The number of anilines is 2. The molecule has 0 spiro atoms. The number of nitrogens with two attached hydrogens (primary N) is 1. The minimum atomic E-state index is -0.199. The Bertz CT molecular complexity index is 879. The van der Waals surface area contributed by atoms with E-state index in [1.165, 1.54) is 0 Å². The third kappa shape index (κ3) is 3.17. The first-order valence-corrected chi connectivity index (χ1v) is 7.61. The molecule has 0 amide bonds. The summed E-state index contributed by atoms with van der Waals surface area (Å²) in [4.78, 5) is 4.61. The molecule has 4 nitrogen and oxygen atoms in total. The zero-order chi connectivity index (χ0) is 16.7. The highest BCUT2D eigenvalue weighted by Gasteiger charge is 2.11. The zero-order valence-electron chi connectivity index (χ0n) is 14.3. The summed E-state index contributed by atoms with van der Waals surface area (Å²) in [5, 5.41) is 3.40. The van der Waals surface area contributed by atoms with Gasteiger partial charge in [0.2, 0.25) is 0 Å². The molecule has 0 atom stereocenters. The molecule has 0 radical (unpaired) electrons. The second-order valence-corrected chi connectivity index (χ2v) is 6.04. The van der Waals surface area contributed by atoms with Crippen LogP contribution in [0.15, 0.2) is 24.4 Å². The maximum atomic E-state index is 13.4. The fourth-order valence-electron chi connectivity index (χ4n) is 2.93. The molecule has 3 rings (SSSR count). The smallest absolute Gasteiger partial charge is 0.160 e. The molecule has 0 unspecified atom stereocenters. The van der Waals surface area contributed by atoms with E-state index in [1.54, 1.807) is 12.1 Å². The van der Waals surface area contributed by atoms with E-state index in [4.69, 9.17) is 5.73 Å². The van der Waals surface area contributed by atoms with Crippen LogP contribution in [0.4, 0.5) is 15.8 Å². The maximum absolute atomic E-state index is 13.4. The Balaban J connectivity index is 0.00000208. The van der Waals surface area contributed by atoms with Gasteiger partial charge in [0.1, 0.15) is 5.82 Å². The van der Waals surface area contributed by atoms with Crippen molar-refractivity contribution in [2.24, 2.45) is 0 Å². The average molecular weight is 349 g/mol. The second kappa shape index (κ2) is 6.69. The van der Waals surface area contributed by atoms with Gasteiger partial charge in [0.05, 0.1) is 17.1 Å². The molecule has 2 heterocycles. The summed E-state index contributed by atoms with van der Waals surface area (Å²) in [5.74, 6) is -0.199. The number of nitrogen functional groups attached to an aromatic ring is 1. The Labute approximate surface area is 147 Å². The number of halogens is 2. The van der Waals surface area contributed by atoms with Gasteiger partial charge in [-0.1, -0.05) is 0 Å². The quantitative estimate of drug-likeness (QED) is 0.741. The van der Waals surface area contributed by atoms with Crippen LogP contribution in [-0.2, 0) is 6.54 Å². The highest BCUT2D eigenvalue weighted by atomic mass is 35.5. The van der Waals surface area contributed by atoms with Gasteiger partial charge in [-0.25, -0.2) is 9.37 Å². The fraction of sp³-hybridized carbons (Fsp3) is 0.278. The van der Waals surface area contributed by atoms with E-state index in [2.05, 4.69) is 10.3 Å². The summed E-state index contributed by atoms with van der Waals surface area (Å²) >= 11 is 0. The van der Waals surface area contributed by atoms with Gasteiger partial charge in [0, 0.05) is 18.4 Å². The van der Waals surface area contributed by atoms with Crippen LogP contribution in [0.3, 0.4) is 0 Å². The minimum absolute atomic E-state index is 0. The molecule has 0 aliphatic heterocycles. The van der Waals surface area contributed by atoms with Crippen molar-refractivity contribution < 1.29 is 4.39 Å². The number of hydrogen-bond donors (Lipinski definition) is 2. The zero-order valence-corrected chi connectivity index (χ0v) is 15.1. The average Bonchev–Trinajstić information content (AvgIpc) is 2.74. The maximum Gasteiger partial charge on any atom is 0.160 e. The Kier molecular flexibility index (Phi) is 5.04. The Morgan fingerprint density at radius 1 is 1.12 bits per heavy atom. The molecular formula is C18H22ClFN4. The van der Waals surface area contributed by atoms with Crippen molar-refractivity contribution >= 4 is 29.4 Å². The van der Waals surface area contributed by atoms with Crippen molar-refractivity contribution in [3.63, 3.8) is 0 Å². The van der Waals surface area contributed by atoms with Gasteiger partial charge in [-0.15, -0.1) is 12.4 Å². The van der Waals surface area contributed by atoms with Crippen LogP contribution < -0.4 is 11.1 Å². The van der Waals surface area contributed by atoms with Crippen LogP contribution in [0.2, 0.25) is 0 Å². The lowest BCUT2D eigenvalue weighted by Crippen LogP contribution is -2.06. The highest BCUT2D eigenvalue weighted by molar-refractivity contribution is 5.85. The summed E-state index contributed by atoms with van der Waals surface area (Å²) < 4.78 is 15.4. The number of fused-ring (bicyclic) bond motifs is 1. The fourth-order valence-corrected chi connectivity index (χ4v) is 2.93. The van der Waals surface area contributed by atoms with E-state index in [9.17, 15) is 4.39 Å². The van der Waals surface area contributed by atoms with Crippen LogP contribution in [0.1, 0.15) is 28.1 Å². The van der Waals surface area contributed by atoms with Gasteiger partial charge >= 0.3 is 0 Å². The first-order chi connectivity index (χ1) is 10.9. The normalized spacial score (nSPS) is 10.7. The molecule has 2 aromatic heterocycles. The van der Waals surface area contributed by atoms with Gasteiger partial charge in [-0.3, -0.25) is 0 Å². The lowest BCUT2D eigenvalue weighted by molar-refractivity contribution is 0.624. The van der Waals surface area contributed by atoms with Crippen LogP contribution in [0.5, 0.6) is 0 Å². The Morgan fingerprint density at radius 3 is 2.38 bits per heavy atom. The van der Waals surface area contributed by atoms with Gasteiger partial charge in [0.15, 0.2) is 5.65 Å². The number of rotatable bonds is 3. The number of aromatic nitrogens is 2. The van der Waals surface area contributed by atoms with Gasteiger partial charge in [0.25, 0.3) is 0 Å². The van der Waals surface area contributed by atoms with Crippen molar-refractivity contribution in [2.75, 3.05) is 11.1 Å². The summed E-state index contributed by atoms with van der Waals surface area (Å²) in [6.07, 6.45) is 1.88. The standard InChI is InChI=1S/C18H21FN4.ClH/c1-10-5-14(19)6-11(2)16(10)8-21-17-7-15(20)9-23-13(4)12(3)22-18(17)23;/h5-7,9,21H,8,20H2,1-4H3;1H. The number of hydrogen-bond acceptors (Lipinski definition) is 3. The summed E-state index contributed by atoms with van der Waals surface area (Å²) in [5.41, 5.74) is 13.4. The second-order valence-electron chi connectivity index (χ2n) is 6.04. The van der Waals surface area contributed by atoms with E-state index >= 15 is 0 Å². The molecule has 1 aromatic carbocycles. The Hall–Kier alpha value is -2.27. The van der Waals surface area contributed by atoms with Crippen LogP contribution in [0.25, 0.3) is 5.65 Å². The third-order valence-electron chi connectivity index (χ3n) is 4.33. The first kappa shape index (κ1) is 18.1. The molecule has 3 aromatic rings. The predicted molar refractivity (Wildman–Crippen MR) is 99.5 cm³/mol. The molecule has 128 valence electrons. The number of pyridine rings is 1. The topological polar surface area (TPSA) is 55.3 Å². The number of aryl methyl sites for hydroxylation is 4.